The molecule has 0 bridgehead atoms. The summed E-state index contributed by atoms with van der Waals surface area (Å²) in [6.07, 6.45) is 0. The third-order valence-corrected chi connectivity index (χ3v) is 3.50. The molecule has 0 saturated heterocycles. The third-order valence-electron chi connectivity index (χ3n) is 3.27. The monoisotopic (exact) mass is 340 g/mol. The number of benzene rings is 1. The van der Waals surface area contributed by atoms with Crippen LogP contribution < -0.4 is 10.1 Å². The van der Waals surface area contributed by atoms with Crippen LogP contribution in [-0.2, 0) is 9.59 Å². The molecule has 1 unspecified atom stereocenters. The summed E-state index contributed by atoms with van der Waals surface area (Å²) >= 11 is 5.88. The molecule has 0 spiro atoms. The zero-order valence-corrected chi connectivity index (χ0v) is 15.1. The van der Waals surface area contributed by atoms with E-state index in [9.17, 15) is 9.59 Å². The fraction of sp³-hybridized carbons (Fsp3) is 0.529. The Kier molecular flexibility index (Phi) is 6.88. The van der Waals surface area contributed by atoms with Crippen molar-refractivity contribution in [3.8, 4) is 5.75 Å². The topological polar surface area (TPSA) is 58.6 Å². The number of nitrogens with zero attached hydrogens (tertiary/aromatic N) is 1. The summed E-state index contributed by atoms with van der Waals surface area (Å²) in [5.41, 5.74) is -0.525. The summed E-state index contributed by atoms with van der Waals surface area (Å²) in [7, 11) is 1.68. The number of amides is 2. The lowest BCUT2D eigenvalue weighted by Gasteiger charge is -2.25. The average Bonchev–Trinajstić information content (AvgIpc) is 2.45. The van der Waals surface area contributed by atoms with E-state index >= 15 is 0 Å². The lowest BCUT2D eigenvalue weighted by Crippen LogP contribution is -2.49. The second-order valence-electron chi connectivity index (χ2n) is 6.51. The summed E-state index contributed by atoms with van der Waals surface area (Å²) < 4.78 is 5.56. The number of likely N-dealkylation sites (N-methyl/N-ethyl adjacent to an activating group) is 1. The SMILES string of the molecule is CC(NC(=O)C(C)(C)C)C(=O)N(C)CCOc1cccc(Cl)c1. The Morgan fingerprint density at radius 3 is 2.57 bits per heavy atom. The molecule has 1 aromatic rings. The molecule has 2 amide bonds. The van der Waals surface area contributed by atoms with Gasteiger partial charge in [0.1, 0.15) is 18.4 Å². The number of halogens is 1. The average molecular weight is 341 g/mol. The summed E-state index contributed by atoms with van der Waals surface area (Å²) in [6, 6.07) is 6.52. The van der Waals surface area contributed by atoms with Crippen LogP contribution >= 0.6 is 11.6 Å². The minimum absolute atomic E-state index is 0.151. The number of nitrogens with one attached hydrogen (secondary N) is 1. The van der Waals surface area contributed by atoms with Crippen LogP contribution in [0.15, 0.2) is 24.3 Å². The molecule has 0 aliphatic carbocycles. The van der Waals surface area contributed by atoms with E-state index in [4.69, 9.17) is 16.3 Å². The normalized spacial score (nSPS) is 12.4. The van der Waals surface area contributed by atoms with E-state index < -0.39 is 11.5 Å². The maximum atomic E-state index is 12.2. The molecule has 1 N–H and O–H groups in total. The molecular formula is C17H25ClN2O3. The van der Waals surface area contributed by atoms with Crippen molar-refractivity contribution in [2.24, 2.45) is 5.41 Å². The highest BCUT2D eigenvalue weighted by Gasteiger charge is 2.26. The summed E-state index contributed by atoms with van der Waals surface area (Å²) in [6.45, 7) is 7.87. The minimum atomic E-state index is -0.571. The van der Waals surface area contributed by atoms with Crippen LogP contribution in [0.2, 0.25) is 5.02 Å². The Bertz CT molecular complexity index is 555. The van der Waals surface area contributed by atoms with Gasteiger partial charge in [0.25, 0.3) is 0 Å². The van der Waals surface area contributed by atoms with Crippen LogP contribution in [0.25, 0.3) is 0 Å². The molecule has 1 atom stereocenters. The zero-order valence-electron chi connectivity index (χ0n) is 14.4. The molecule has 1 aromatic carbocycles. The summed E-state index contributed by atoms with van der Waals surface area (Å²) in [5.74, 6) is 0.353. The van der Waals surface area contributed by atoms with Gasteiger partial charge in [-0.3, -0.25) is 9.59 Å². The number of carbonyl (C=O) groups excluding carboxylic acids is 2. The summed E-state index contributed by atoms with van der Waals surface area (Å²) in [4.78, 5) is 25.7. The van der Waals surface area contributed by atoms with Gasteiger partial charge in [0, 0.05) is 17.5 Å². The van der Waals surface area contributed by atoms with Gasteiger partial charge in [-0.25, -0.2) is 0 Å². The first-order valence-corrected chi connectivity index (χ1v) is 7.93. The zero-order chi connectivity index (χ0) is 17.6. The molecule has 0 aromatic heterocycles. The van der Waals surface area contributed by atoms with Crippen molar-refractivity contribution in [2.75, 3.05) is 20.2 Å². The Morgan fingerprint density at radius 2 is 2.00 bits per heavy atom. The van der Waals surface area contributed by atoms with E-state index in [1.54, 1.807) is 38.2 Å². The highest BCUT2D eigenvalue weighted by molar-refractivity contribution is 6.30. The number of carbonyl (C=O) groups is 2. The predicted molar refractivity (Wildman–Crippen MR) is 91.6 cm³/mol. The van der Waals surface area contributed by atoms with Crippen molar-refractivity contribution in [3.05, 3.63) is 29.3 Å². The molecule has 0 heterocycles. The molecular weight excluding hydrogens is 316 g/mol. The van der Waals surface area contributed by atoms with Crippen molar-refractivity contribution in [1.82, 2.24) is 10.2 Å². The van der Waals surface area contributed by atoms with Gasteiger partial charge in [-0.1, -0.05) is 38.4 Å². The molecule has 6 heteroatoms. The fourth-order valence-corrected chi connectivity index (χ4v) is 1.95. The molecule has 1 rings (SSSR count). The summed E-state index contributed by atoms with van der Waals surface area (Å²) in [5, 5.41) is 3.33. The standard InChI is InChI=1S/C17H25ClN2O3/c1-12(19-16(22)17(2,3)4)15(21)20(5)9-10-23-14-8-6-7-13(18)11-14/h6-8,11-12H,9-10H2,1-5H3,(H,19,22). The first-order valence-electron chi connectivity index (χ1n) is 7.55. The van der Waals surface area contributed by atoms with E-state index in [0.29, 0.717) is 23.9 Å². The third kappa shape index (κ3) is 6.48. The molecule has 0 aliphatic rings. The van der Waals surface area contributed by atoms with Crippen LogP contribution in [0.5, 0.6) is 5.75 Å². The molecule has 128 valence electrons. The van der Waals surface area contributed by atoms with E-state index in [1.807, 2.05) is 20.8 Å². The molecule has 0 saturated carbocycles. The Labute approximate surface area is 142 Å². The lowest BCUT2D eigenvalue weighted by molar-refractivity contribution is -0.137. The second-order valence-corrected chi connectivity index (χ2v) is 6.95. The van der Waals surface area contributed by atoms with Gasteiger partial charge >= 0.3 is 0 Å². The quantitative estimate of drug-likeness (QED) is 0.866. The number of rotatable bonds is 6. The largest absolute Gasteiger partial charge is 0.492 e. The van der Waals surface area contributed by atoms with Gasteiger partial charge in [-0.15, -0.1) is 0 Å². The Balaban J connectivity index is 2.43. The van der Waals surface area contributed by atoms with Crippen molar-refractivity contribution in [2.45, 2.75) is 33.7 Å². The van der Waals surface area contributed by atoms with Crippen LogP contribution in [0.3, 0.4) is 0 Å². The Hall–Kier alpha value is -1.75. The van der Waals surface area contributed by atoms with Gasteiger partial charge in [-0.05, 0) is 25.1 Å². The molecule has 5 nitrogen and oxygen atoms in total. The molecule has 0 radical (unpaired) electrons. The van der Waals surface area contributed by atoms with Crippen LogP contribution in [0.1, 0.15) is 27.7 Å². The Morgan fingerprint density at radius 1 is 1.35 bits per heavy atom. The van der Waals surface area contributed by atoms with Gasteiger partial charge < -0.3 is 15.0 Å². The maximum Gasteiger partial charge on any atom is 0.244 e. The van der Waals surface area contributed by atoms with Crippen LogP contribution in [0.4, 0.5) is 0 Å². The van der Waals surface area contributed by atoms with Crippen molar-refractivity contribution >= 4 is 23.4 Å². The molecule has 0 fully saturated rings. The minimum Gasteiger partial charge on any atom is -0.492 e. The van der Waals surface area contributed by atoms with Crippen molar-refractivity contribution in [3.63, 3.8) is 0 Å². The number of hydrogen-bond donors (Lipinski definition) is 1. The maximum absolute atomic E-state index is 12.2. The molecule has 0 aliphatic heterocycles. The van der Waals surface area contributed by atoms with Crippen molar-refractivity contribution < 1.29 is 14.3 Å². The second kappa shape index (κ2) is 8.20. The van der Waals surface area contributed by atoms with E-state index in [2.05, 4.69) is 5.32 Å². The van der Waals surface area contributed by atoms with Gasteiger partial charge in [0.15, 0.2) is 0 Å². The number of ether oxygens (including phenoxy) is 1. The highest BCUT2D eigenvalue weighted by Crippen LogP contribution is 2.17. The highest BCUT2D eigenvalue weighted by atomic mass is 35.5. The number of hydrogen-bond acceptors (Lipinski definition) is 3. The van der Waals surface area contributed by atoms with E-state index in [1.165, 1.54) is 4.90 Å². The fourth-order valence-electron chi connectivity index (χ4n) is 1.77. The van der Waals surface area contributed by atoms with Crippen LogP contribution in [-0.4, -0.2) is 43.0 Å². The first kappa shape index (κ1) is 19.3. The first-order chi connectivity index (χ1) is 10.6. The lowest BCUT2D eigenvalue weighted by atomic mass is 9.95. The smallest absolute Gasteiger partial charge is 0.244 e. The van der Waals surface area contributed by atoms with Gasteiger partial charge in [0.05, 0.1) is 6.54 Å². The van der Waals surface area contributed by atoms with E-state index in [-0.39, 0.29) is 11.8 Å². The van der Waals surface area contributed by atoms with Gasteiger partial charge in [0.2, 0.25) is 11.8 Å². The molecule has 23 heavy (non-hydrogen) atoms. The van der Waals surface area contributed by atoms with Gasteiger partial charge in [-0.2, -0.15) is 0 Å². The van der Waals surface area contributed by atoms with E-state index in [0.717, 1.165) is 0 Å². The van der Waals surface area contributed by atoms with Crippen molar-refractivity contribution in [1.29, 1.82) is 0 Å². The predicted octanol–water partition coefficient (Wildman–Crippen LogP) is 2.73. The van der Waals surface area contributed by atoms with Crippen LogP contribution in [0, 0.1) is 5.41 Å².